The number of carbonyl (C=O) groups is 1. The summed E-state index contributed by atoms with van der Waals surface area (Å²) in [5.74, 6) is -0.159. The predicted octanol–water partition coefficient (Wildman–Crippen LogP) is 0.991. The van der Waals surface area contributed by atoms with Crippen molar-refractivity contribution in [2.24, 2.45) is 0 Å². The van der Waals surface area contributed by atoms with Crippen molar-refractivity contribution in [2.75, 3.05) is 26.7 Å². The number of halogens is 1. The molecule has 3 N–H and O–H groups in total. The molecule has 2 rings (SSSR count). The predicted molar refractivity (Wildman–Crippen MR) is 97.1 cm³/mol. The Morgan fingerprint density at radius 1 is 1.08 bits per heavy atom. The number of benzene rings is 1. The molecule has 1 aliphatic rings. The van der Waals surface area contributed by atoms with Gasteiger partial charge in [-0.3, -0.25) is 4.79 Å². The zero-order chi connectivity index (χ0) is 16.7. The van der Waals surface area contributed by atoms with Crippen molar-refractivity contribution < 1.29 is 13.2 Å². The lowest BCUT2D eigenvalue weighted by Crippen LogP contribution is -2.33. The first-order chi connectivity index (χ1) is 11.0. The molecule has 1 aliphatic carbocycles. The number of amides is 1. The molecule has 8 heteroatoms. The Bertz CT molecular complexity index is 650. The number of nitrogens with one attached hydrogen (secondary N) is 3. The van der Waals surface area contributed by atoms with Gasteiger partial charge in [-0.25, -0.2) is 13.1 Å². The zero-order valence-corrected chi connectivity index (χ0v) is 15.6. The first-order valence-corrected chi connectivity index (χ1v) is 9.54. The van der Waals surface area contributed by atoms with E-state index >= 15 is 0 Å². The molecule has 1 amide bonds. The first kappa shape index (κ1) is 20.9. The van der Waals surface area contributed by atoms with E-state index in [0.717, 1.165) is 24.8 Å². The van der Waals surface area contributed by atoms with E-state index in [1.54, 1.807) is 19.2 Å². The average molecular weight is 376 g/mol. The van der Waals surface area contributed by atoms with Gasteiger partial charge in [-0.1, -0.05) is 6.07 Å². The van der Waals surface area contributed by atoms with Crippen LogP contribution in [-0.2, 0) is 27.7 Å². The number of hydrogen-bond acceptors (Lipinski definition) is 4. The highest BCUT2D eigenvalue weighted by molar-refractivity contribution is 7.89. The van der Waals surface area contributed by atoms with E-state index in [0.29, 0.717) is 13.1 Å². The molecule has 0 saturated heterocycles. The molecular weight excluding hydrogens is 350 g/mol. The van der Waals surface area contributed by atoms with E-state index in [4.69, 9.17) is 0 Å². The van der Waals surface area contributed by atoms with E-state index < -0.39 is 10.0 Å². The summed E-state index contributed by atoms with van der Waals surface area (Å²) in [4.78, 5) is 11.8. The van der Waals surface area contributed by atoms with Gasteiger partial charge in [0, 0.05) is 26.1 Å². The van der Waals surface area contributed by atoms with Crippen LogP contribution in [0.2, 0.25) is 0 Å². The van der Waals surface area contributed by atoms with E-state index in [-0.39, 0.29) is 36.2 Å². The summed E-state index contributed by atoms with van der Waals surface area (Å²) in [5, 5.41) is 5.64. The Balaban J connectivity index is 0.00000288. The van der Waals surface area contributed by atoms with Crippen LogP contribution in [0.1, 0.15) is 30.4 Å². The van der Waals surface area contributed by atoms with Crippen molar-refractivity contribution in [1.29, 1.82) is 0 Å². The highest BCUT2D eigenvalue weighted by atomic mass is 35.5. The number of sulfonamides is 1. The van der Waals surface area contributed by atoms with Crippen LogP contribution in [0.5, 0.6) is 0 Å². The van der Waals surface area contributed by atoms with E-state index in [1.807, 2.05) is 6.07 Å². The van der Waals surface area contributed by atoms with Crippen LogP contribution in [0.25, 0.3) is 0 Å². The second-order valence-corrected chi connectivity index (χ2v) is 7.51. The fourth-order valence-electron chi connectivity index (χ4n) is 2.67. The minimum Gasteiger partial charge on any atom is -0.355 e. The van der Waals surface area contributed by atoms with Crippen LogP contribution in [0, 0.1) is 0 Å². The second kappa shape index (κ2) is 9.98. The molecular formula is C16H26ClN3O3S. The lowest BCUT2D eigenvalue weighted by Gasteiger charge is -2.16. The third-order valence-electron chi connectivity index (χ3n) is 3.97. The fraction of sp³-hybridized carbons (Fsp3) is 0.562. The fourth-order valence-corrected chi connectivity index (χ4v) is 3.76. The molecule has 136 valence electrons. The van der Waals surface area contributed by atoms with E-state index in [2.05, 4.69) is 15.4 Å². The summed E-state index contributed by atoms with van der Waals surface area (Å²) < 4.78 is 27.1. The maximum absolute atomic E-state index is 12.3. The molecule has 0 fully saturated rings. The van der Waals surface area contributed by atoms with Gasteiger partial charge in [-0.15, -0.1) is 12.4 Å². The average Bonchev–Trinajstić information content (AvgIpc) is 2.54. The van der Waals surface area contributed by atoms with Gasteiger partial charge in [-0.2, -0.15) is 0 Å². The summed E-state index contributed by atoms with van der Waals surface area (Å²) >= 11 is 0. The Morgan fingerprint density at radius 3 is 2.50 bits per heavy atom. The van der Waals surface area contributed by atoms with Gasteiger partial charge in [0.25, 0.3) is 0 Å². The third kappa shape index (κ3) is 6.05. The topological polar surface area (TPSA) is 87.3 Å². The number of likely N-dealkylation sites (N-methyl/N-ethyl adjacent to an activating group) is 1. The van der Waals surface area contributed by atoms with Gasteiger partial charge in [0.1, 0.15) is 0 Å². The molecule has 6 nitrogen and oxygen atoms in total. The van der Waals surface area contributed by atoms with Crippen LogP contribution >= 0.6 is 12.4 Å². The van der Waals surface area contributed by atoms with Crippen molar-refractivity contribution in [1.82, 2.24) is 15.4 Å². The Morgan fingerprint density at radius 2 is 1.79 bits per heavy atom. The van der Waals surface area contributed by atoms with Gasteiger partial charge >= 0.3 is 0 Å². The molecule has 24 heavy (non-hydrogen) atoms. The summed E-state index contributed by atoms with van der Waals surface area (Å²) in [6.45, 7) is 1.32. The highest BCUT2D eigenvalue weighted by Gasteiger charge is 2.17. The minimum absolute atomic E-state index is 0. The van der Waals surface area contributed by atoms with Gasteiger partial charge in [0.15, 0.2) is 0 Å². The third-order valence-corrected chi connectivity index (χ3v) is 5.43. The summed E-state index contributed by atoms with van der Waals surface area (Å²) in [6.07, 6.45) is 4.37. The highest BCUT2D eigenvalue weighted by Crippen LogP contribution is 2.23. The van der Waals surface area contributed by atoms with Crippen molar-refractivity contribution >= 4 is 28.3 Å². The SMILES string of the molecule is CNCCNC(=O)CCNS(=O)(=O)c1ccc2c(c1)CCCC2.Cl. The summed E-state index contributed by atoms with van der Waals surface area (Å²) in [6, 6.07) is 5.33. The minimum atomic E-state index is -3.56. The lowest BCUT2D eigenvalue weighted by molar-refractivity contribution is -0.120. The first-order valence-electron chi connectivity index (χ1n) is 8.06. The van der Waals surface area contributed by atoms with Gasteiger partial charge < -0.3 is 10.6 Å². The number of carbonyl (C=O) groups excluding carboxylic acids is 1. The number of aryl methyl sites for hydroxylation is 2. The molecule has 0 radical (unpaired) electrons. The smallest absolute Gasteiger partial charge is 0.240 e. The Hall–Kier alpha value is -1.15. The number of hydrogen-bond donors (Lipinski definition) is 3. The van der Waals surface area contributed by atoms with Crippen molar-refractivity contribution in [3.05, 3.63) is 29.3 Å². The second-order valence-electron chi connectivity index (χ2n) is 5.74. The standard InChI is InChI=1S/C16H25N3O3S.ClH/c1-17-10-11-18-16(20)8-9-19-23(21,22)15-7-6-13-4-2-3-5-14(13)12-15;/h6-7,12,17,19H,2-5,8-11H2,1H3,(H,18,20);1H. The molecule has 1 aromatic carbocycles. The van der Waals surface area contributed by atoms with E-state index in [9.17, 15) is 13.2 Å². The van der Waals surface area contributed by atoms with Gasteiger partial charge in [-0.05, 0) is 56.0 Å². The maximum Gasteiger partial charge on any atom is 0.240 e. The zero-order valence-electron chi connectivity index (χ0n) is 13.9. The number of rotatable bonds is 8. The van der Waals surface area contributed by atoms with E-state index in [1.165, 1.54) is 12.0 Å². The van der Waals surface area contributed by atoms with Crippen LogP contribution < -0.4 is 15.4 Å². The summed E-state index contributed by atoms with van der Waals surface area (Å²) in [5.41, 5.74) is 2.38. The normalized spacial score (nSPS) is 13.7. The molecule has 0 spiro atoms. The summed E-state index contributed by atoms with van der Waals surface area (Å²) in [7, 11) is -1.75. The van der Waals surface area contributed by atoms with Crippen LogP contribution in [0.3, 0.4) is 0 Å². The maximum atomic E-state index is 12.3. The van der Waals surface area contributed by atoms with Crippen LogP contribution in [0.15, 0.2) is 23.1 Å². The monoisotopic (exact) mass is 375 g/mol. The van der Waals surface area contributed by atoms with Crippen molar-refractivity contribution in [2.45, 2.75) is 37.0 Å². The quantitative estimate of drug-likeness (QED) is 0.591. The van der Waals surface area contributed by atoms with Crippen LogP contribution in [0.4, 0.5) is 0 Å². The largest absolute Gasteiger partial charge is 0.355 e. The molecule has 0 heterocycles. The molecule has 0 aromatic heterocycles. The molecule has 0 unspecified atom stereocenters. The molecule has 0 atom stereocenters. The van der Waals surface area contributed by atoms with Gasteiger partial charge in [0.05, 0.1) is 4.90 Å². The van der Waals surface area contributed by atoms with Crippen LogP contribution in [-0.4, -0.2) is 41.0 Å². The number of fused-ring (bicyclic) bond motifs is 1. The molecule has 1 aromatic rings. The van der Waals surface area contributed by atoms with Crippen molar-refractivity contribution in [3.8, 4) is 0 Å². The van der Waals surface area contributed by atoms with Crippen molar-refractivity contribution in [3.63, 3.8) is 0 Å². The van der Waals surface area contributed by atoms with Gasteiger partial charge in [0.2, 0.25) is 15.9 Å². The Labute approximate surface area is 150 Å². The molecule has 0 aliphatic heterocycles. The lowest BCUT2D eigenvalue weighted by atomic mass is 9.92. The molecule has 0 saturated carbocycles. The Kier molecular flexibility index (Phi) is 8.69. The molecule has 0 bridgehead atoms.